The van der Waals surface area contributed by atoms with Crippen molar-refractivity contribution < 1.29 is 23.9 Å². The van der Waals surface area contributed by atoms with Gasteiger partial charge in [0.1, 0.15) is 6.04 Å². The predicted octanol–water partition coefficient (Wildman–Crippen LogP) is 0.0450. The van der Waals surface area contributed by atoms with Crippen LogP contribution in [0.1, 0.15) is 46.4 Å². The molecule has 9 heteroatoms. The number of amides is 4. The number of hydrogen-bond acceptors (Lipinski definition) is 7. The molecule has 0 spiro atoms. The third-order valence-corrected chi connectivity index (χ3v) is 6.31. The number of nitrogens with zero attached hydrogens (tertiary/aromatic N) is 2. The van der Waals surface area contributed by atoms with Gasteiger partial charge in [0.2, 0.25) is 11.8 Å². The average Bonchev–Trinajstić information content (AvgIpc) is 2.95. The smallest absolute Gasteiger partial charge is 0.262 e. The fraction of sp³-hybridized carbons (Fsp3) is 0.524. The third kappa shape index (κ3) is 3.27. The molecule has 3 fully saturated rings. The van der Waals surface area contributed by atoms with Gasteiger partial charge in [-0.15, -0.1) is 0 Å². The Labute approximate surface area is 173 Å². The molecule has 2 N–H and O–H groups in total. The summed E-state index contributed by atoms with van der Waals surface area (Å²) in [4.78, 5) is 52.4. The molecule has 30 heavy (non-hydrogen) atoms. The quantitative estimate of drug-likeness (QED) is 0.673. The Morgan fingerprint density at radius 2 is 1.63 bits per heavy atom. The lowest BCUT2D eigenvalue weighted by molar-refractivity contribution is -0.136. The van der Waals surface area contributed by atoms with Gasteiger partial charge in [0.25, 0.3) is 11.8 Å². The molecule has 4 heterocycles. The first-order valence-corrected chi connectivity index (χ1v) is 10.5. The number of rotatable bonds is 4. The van der Waals surface area contributed by atoms with E-state index in [0.717, 1.165) is 49.6 Å². The minimum absolute atomic E-state index is 0.112. The van der Waals surface area contributed by atoms with E-state index in [9.17, 15) is 19.2 Å². The van der Waals surface area contributed by atoms with Crippen molar-refractivity contribution in [3.8, 4) is 0 Å². The van der Waals surface area contributed by atoms with E-state index in [1.54, 1.807) is 12.1 Å². The summed E-state index contributed by atoms with van der Waals surface area (Å²) in [5, 5.41) is 5.54. The number of nitrogens with one attached hydrogen (secondary N) is 2. The standard InChI is InChI=1S/C21H24N4O5/c26-18-4-3-17(19(27)23-18)25-20(28)15-2-1-12(9-16(15)21(25)29)24-10-14(11-24)30-13-5-7-22-8-6-13/h1-2,9,13-14,17,22H,3-8,10-11H2,(H,23,26,27). The largest absolute Gasteiger partial charge is 0.371 e. The molecule has 4 aliphatic rings. The summed E-state index contributed by atoms with van der Waals surface area (Å²) in [6, 6.07) is 4.27. The van der Waals surface area contributed by atoms with Crippen LogP contribution in [0.5, 0.6) is 0 Å². The second kappa shape index (κ2) is 7.48. The summed E-state index contributed by atoms with van der Waals surface area (Å²) in [7, 11) is 0. The van der Waals surface area contributed by atoms with Crippen molar-refractivity contribution in [2.75, 3.05) is 31.1 Å². The van der Waals surface area contributed by atoms with E-state index >= 15 is 0 Å². The maximum atomic E-state index is 12.9. The predicted molar refractivity (Wildman–Crippen MR) is 106 cm³/mol. The Morgan fingerprint density at radius 3 is 2.37 bits per heavy atom. The monoisotopic (exact) mass is 412 g/mol. The zero-order valence-electron chi connectivity index (χ0n) is 16.6. The number of hydrogen-bond donors (Lipinski definition) is 2. The molecule has 0 bridgehead atoms. The second-order valence-electron chi connectivity index (χ2n) is 8.29. The van der Waals surface area contributed by atoms with Crippen LogP contribution in [-0.2, 0) is 14.3 Å². The summed E-state index contributed by atoms with van der Waals surface area (Å²) < 4.78 is 6.14. The van der Waals surface area contributed by atoms with Crippen molar-refractivity contribution in [3.63, 3.8) is 0 Å². The van der Waals surface area contributed by atoms with Crippen LogP contribution < -0.4 is 15.5 Å². The van der Waals surface area contributed by atoms with Gasteiger partial charge in [0, 0.05) is 25.2 Å². The van der Waals surface area contributed by atoms with Crippen molar-refractivity contribution >= 4 is 29.3 Å². The zero-order chi connectivity index (χ0) is 20.8. The van der Waals surface area contributed by atoms with Crippen molar-refractivity contribution in [3.05, 3.63) is 29.3 Å². The molecule has 1 unspecified atom stereocenters. The lowest BCUT2D eigenvalue weighted by atomic mass is 10.0. The highest BCUT2D eigenvalue weighted by Crippen LogP contribution is 2.32. The van der Waals surface area contributed by atoms with Gasteiger partial charge in [0.15, 0.2) is 0 Å². The minimum Gasteiger partial charge on any atom is -0.371 e. The molecular weight excluding hydrogens is 388 g/mol. The molecule has 0 aromatic heterocycles. The number of piperidine rings is 2. The van der Waals surface area contributed by atoms with Gasteiger partial charge in [-0.05, 0) is 50.6 Å². The molecule has 1 atom stereocenters. The minimum atomic E-state index is -0.940. The van der Waals surface area contributed by atoms with Crippen LogP contribution in [0.25, 0.3) is 0 Å². The number of carbonyl (C=O) groups excluding carboxylic acids is 4. The van der Waals surface area contributed by atoms with Crippen LogP contribution >= 0.6 is 0 Å². The molecule has 4 amide bonds. The fourth-order valence-electron chi connectivity index (χ4n) is 4.59. The van der Waals surface area contributed by atoms with Crippen molar-refractivity contribution in [1.29, 1.82) is 0 Å². The van der Waals surface area contributed by atoms with Crippen molar-refractivity contribution in [1.82, 2.24) is 15.5 Å². The molecule has 0 radical (unpaired) electrons. The topological polar surface area (TPSA) is 108 Å². The first-order chi connectivity index (χ1) is 14.5. The van der Waals surface area contributed by atoms with Gasteiger partial charge >= 0.3 is 0 Å². The normalized spacial score (nSPS) is 25.4. The number of ether oxygens (including phenoxy) is 1. The highest BCUT2D eigenvalue weighted by atomic mass is 16.5. The third-order valence-electron chi connectivity index (χ3n) is 6.31. The van der Waals surface area contributed by atoms with E-state index < -0.39 is 23.8 Å². The number of carbonyl (C=O) groups is 4. The fourth-order valence-corrected chi connectivity index (χ4v) is 4.59. The van der Waals surface area contributed by atoms with Crippen LogP contribution in [0, 0.1) is 0 Å². The zero-order valence-corrected chi connectivity index (χ0v) is 16.6. The lowest BCUT2D eigenvalue weighted by Gasteiger charge is -2.43. The first kappa shape index (κ1) is 19.2. The Balaban J connectivity index is 1.26. The van der Waals surface area contributed by atoms with E-state index in [4.69, 9.17) is 4.74 Å². The van der Waals surface area contributed by atoms with Crippen LogP contribution in [-0.4, -0.2) is 73.0 Å². The Morgan fingerprint density at radius 1 is 0.900 bits per heavy atom. The van der Waals surface area contributed by atoms with Gasteiger partial charge < -0.3 is 15.0 Å². The van der Waals surface area contributed by atoms with E-state index in [-0.39, 0.29) is 24.9 Å². The van der Waals surface area contributed by atoms with E-state index in [2.05, 4.69) is 15.5 Å². The molecule has 1 aromatic carbocycles. The van der Waals surface area contributed by atoms with Crippen LogP contribution in [0.15, 0.2) is 18.2 Å². The van der Waals surface area contributed by atoms with Gasteiger partial charge in [-0.1, -0.05) is 0 Å². The summed E-state index contributed by atoms with van der Waals surface area (Å²) in [6.45, 7) is 3.49. The van der Waals surface area contributed by atoms with Crippen LogP contribution in [0.4, 0.5) is 5.69 Å². The molecule has 0 saturated carbocycles. The van der Waals surface area contributed by atoms with E-state index in [1.807, 2.05) is 6.07 Å². The Kier molecular flexibility index (Phi) is 4.79. The van der Waals surface area contributed by atoms with E-state index in [0.29, 0.717) is 17.2 Å². The highest BCUT2D eigenvalue weighted by Gasteiger charge is 2.45. The Hall–Kier alpha value is -2.78. The SMILES string of the molecule is O=C1CCC(N2C(=O)c3ccc(N4CC(OC5CCNCC5)C4)cc3C2=O)C(=O)N1. The second-order valence-corrected chi connectivity index (χ2v) is 8.29. The molecule has 3 saturated heterocycles. The van der Waals surface area contributed by atoms with Gasteiger partial charge in [-0.25, -0.2) is 0 Å². The van der Waals surface area contributed by atoms with Gasteiger partial charge in [0.05, 0.1) is 23.3 Å². The maximum Gasteiger partial charge on any atom is 0.262 e. The lowest BCUT2D eigenvalue weighted by Crippen LogP contribution is -2.54. The molecule has 0 aliphatic carbocycles. The van der Waals surface area contributed by atoms with Gasteiger partial charge in [-0.2, -0.15) is 0 Å². The van der Waals surface area contributed by atoms with Crippen molar-refractivity contribution in [2.24, 2.45) is 0 Å². The summed E-state index contributed by atoms with van der Waals surface area (Å²) in [5.41, 5.74) is 1.48. The summed E-state index contributed by atoms with van der Waals surface area (Å²) in [5.74, 6) is -1.93. The molecule has 4 aliphatic heterocycles. The van der Waals surface area contributed by atoms with Crippen molar-refractivity contribution in [2.45, 2.75) is 43.9 Å². The number of imide groups is 2. The summed E-state index contributed by atoms with van der Waals surface area (Å²) in [6.07, 6.45) is 2.81. The maximum absolute atomic E-state index is 12.9. The Bertz CT molecular complexity index is 920. The molecular formula is C21H24N4O5. The van der Waals surface area contributed by atoms with Crippen LogP contribution in [0.3, 0.4) is 0 Å². The first-order valence-electron chi connectivity index (χ1n) is 10.5. The molecule has 5 rings (SSSR count). The molecule has 1 aromatic rings. The molecule has 158 valence electrons. The van der Waals surface area contributed by atoms with Gasteiger partial charge in [-0.3, -0.25) is 29.4 Å². The molecule has 9 nitrogen and oxygen atoms in total. The average molecular weight is 412 g/mol. The number of benzene rings is 1. The van der Waals surface area contributed by atoms with Crippen LogP contribution in [0.2, 0.25) is 0 Å². The highest BCUT2D eigenvalue weighted by molar-refractivity contribution is 6.23. The summed E-state index contributed by atoms with van der Waals surface area (Å²) >= 11 is 0. The number of anilines is 1. The van der Waals surface area contributed by atoms with E-state index in [1.165, 1.54) is 0 Å². The number of fused-ring (bicyclic) bond motifs is 1.